The lowest BCUT2D eigenvalue weighted by atomic mass is 9.95. The Morgan fingerprint density at radius 2 is 1.44 bits per heavy atom. The van der Waals surface area contributed by atoms with E-state index in [1.54, 1.807) is 36.4 Å². The summed E-state index contributed by atoms with van der Waals surface area (Å²) in [6.45, 7) is 1.37. The van der Waals surface area contributed by atoms with Crippen LogP contribution < -0.4 is 9.91 Å². The van der Waals surface area contributed by atoms with Gasteiger partial charge >= 0.3 is 0 Å². The molecular weight excluding hydrogens is 318 g/mol. The molecule has 0 N–H and O–H groups in total. The van der Waals surface area contributed by atoms with E-state index in [1.165, 1.54) is 11.9 Å². The van der Waals surface area contributed by atoms with Gasteiger partial charge in [-0.2, -0.15) is 5.10 Å². The van der Waals surface area contributed by atoms with Crippen molar-refractivity contribution in [3.63, 3.8) is 0 Å². The Labute approximate surface area is 144 Å². The molecule has 2 amide bonds. The quantitative estimate of drug-likeness (QED) is 0.806. The molecule has 6 heteroatoms. The average Bonchev–Trinajstić information content (AvgIpc) is 3.14. The summed E-state index contributed by atoms with van der Waals surface area (Å²) in [5.41, 5.74) is 1.30. The van der Waals surface area contributed by atoms with Gasteiger partial charge in [-0.15, -0.1) is 0 Å². The Morgan fingerprint density at radius 1 is 0.880 bits per heavy atom. The monoisotopic (exact) mass is 333 g/mol. The molecule has 0 saturated carbocycles. The molecule has 2 aliphatic rings. The second kappa shape index (κ2) is 5.66. The van der Waals surface area contributed by atoms with Gasteiger partial charge in [0.25, 0.3) is 5.91 Å². The first-order valence-corrected chi connectivity index (χ1v) is 7.96. The predicted octanol–water partition coefficient (Wildman–Crippen LogP) is 2.01. The second-order valence-corrected chi connectivity index (χ2v) is 5.99. The third-order valence-corrected chi connectivity index (χ3v) is 4.44. The number of fused-ring (bicyclic) bond motifs is 1. The van der Waals surface area contributed by atoms with Gasteiger partial charge in [-0.05, 0) is 24.3 Å². The summed E-state index contributed by atoms with van der Waals surface area (Å²) in [6, 6.07) is 17.0. The normalized spacial score (nSPS) is 22.2. The molecule has 6 nitrogen and oxygen atoms in total. The smallest absolute Gasteiger partial charge is 0.259 e. The number of amides is 2. The summed E-state index contributed by atoms with van der Waals surface area (Å²) in [6.07, 6.45) is 0. The summed E-state index contributed by atoms with van der Waals surface area (Å²) in [4.78, 5) is 39.1. The molecule has 2 aromatic carbocycles. The summed E-state index contributed by atoms with van der Waals surface area (Å²) in [5.74, 6) is -1.95. The lowest BCUT2D eigenvalue weighted by Crippen LogP contribution is -2.39. The van der Waals surface area contributed by atoms with Gasteiger partial charge < -0.3 is 0 Å². The lowest BCUT2D eigenvalue weighted by Gasteiger charge is -2.22. The minimum Gasteiger partial charge on any atom is -0.293 e. The molecule has 1 fully saturated rings. The highest BCUT2D eigenvalue weighted by atomic mass is 16.2. The van der Waals surface area contributed by atoms with Crippen LogP contribution in [-0.4, -0.2) is 29.4 Å². The third kappa shape index (κ3) is 2.26. The Balaban J connectivity index is 1.81. The number of imide groups is 1. The van der Waals surface area contributed by atoms with Gasteiger partial charge in [-0.25, -0.2) is 4.90 Å². The summed E-state index contributed by atoms with van der Waals surface area (Å²) in [5, 5.41) is 5.79. The lowest BCUT2D eigenvalue weighted by molar-refractivity contribution is -0.122. The fraction of sp³-hybridized carbons (Fsp3) is 0.158. The molecule has 4 rings (SSSR count). The molecule has 0 radical (unpaired) electrons. The molecule has 0 spiro atoms. The molecule has 2 heterocycles. The fourth-order valence-corrected chi connectivity index (χ4v) is 3.33. The molecule has 2 atom stereocenters. The van der Waals surface area contributed by atoms with Gasteiger partial charge in [-0.3, -0.25) is 19.4 Å². The molecular formula is C19H15N3O3. The number of hydrogen-bond acceptors (Lipinski definition) is 5. The zero-order chi connectivity index (χ0) is 17.6. The number of carbonyl (C=O) groups is 3. The SMILES string of the molecule is CC(=O)C1=NN(c2ccccc2)[C@H]2C(=O)N(c3ccccc3)C(=O)[C@@H]12. The average molecular weight is 333 g/mol. The number of ketones is 1. The van der Waals surface area contributed by atoms with E-state index in [2.05, 4.69) is 5.10 Å². The number of anilines is 2. The van der Waals surface area contributed by atoms with Crippen LogP contribution in [0.5, 0.6) is 0 Å². The van der Waals surface area contributed by atoms with E-state index >= 15 is 0 Å². The van der Waals surface area contributed by atoms with Gasteiger partial charge in [0, 0.05) is 6.92 Å². The molecule has 124 valence electrons. The van der Waals surface area contributed by atoms with E-state index < -0.39 is 17.9 Å². The zero-order valence-electron chi connectivity index (χ0n) is 13.5. The maximum Gasteiger partial charge on any atom is 0.259 e. The van der Waals surface area contributed by atoms with Crippen LogP contribution in [-0.2, 0) is 14.4 Å². The van der Waals surface area contributed by atoms with Crippen LogP contribution >= 0.6 is 0 Å². The predicted molar refractivity (Wildman–Crippen MR) is 93.3 cm³/mol. The van der Waals surface area contributed by atoms with Crippen molar-refractivity contribution in [3.8, 4) is 0 Å². The number of hydrazone groups is 1. The highest BCUT2D eigenvalue weighted by molar-refractivity contribution is 6.48. The molecule has 2 aromatic rings. The van der Waals surface area contributed by atoms with E-state index in [1.807, 2.05) is 24.3 Å². The van der Waals surface area contributed by atoms with Crippen LogP contribution in [0.25, 0.3) is 0 Å². The molecule has 25 heavy (non-hydrogen) atoms. The van der Waals surface area contributed by atoms with Crippen molar-refractivity contribution < 1.29 is 14.4 Å². The van der Waals surface area contributed by atoms with Crippen molar-refractivity contribution in [1.82, 2.24) is 0 Å². The highest BCUT2D eigenvalue weighted by Gasteiger charge is 2.58. The van der Waals surface area contributed by atoms with Gasteiger partial charge in [0.2, 0.25) is 5.91 Å². The molecule has 0 aliphatic carbocycles. The van der Waals surface area contributed by atoms with Crippen molar-refractivity contribution in [2.45, 2.75) is 13.0 Å². The van der Waals surface area contributed by atoms with Gasteiger partial charge in [0.1, 0.15) is 17.7 Å². The molecule has 1 saturated heterocycles. The van der Waals surface area contributed by atoms with Crippen molar-refractivity contribution in [2.24, 2.45) is 11.0 Å². The fourth-order valence-electron chi connectivity index (χ4n) is 3.33. The van der Waals surface area contributed by atoms with Crippen LogP contribution in [0, 0.1) is 5.92 Å². The Hall–Kier alpha value is -3.28. The standard InChI is InChI=1S/C19H15N3O3/c1-12(23)16-15-17(22(20-16)14-10-6-3-7-11-14)19(25)21(18(15)24)13-8-4-2-5-9-13/h2-11,15,17H,1H3/t15-,17+/m0/s1. The van der Waals surface area contributed by atoms with E-state index in [0.717, 1.165) is 4.90 Å². The number of nitrogens with zero attached hydrogens (tertiary/aromatic N) is 3. The first-order valence-electron chi connectivity index (χ1n) is 7.96. The second-order valence-electron chi connectivity index (χ2n) is 5.99. The topological polar surface area (TPSA) is 70.1 Å². The first-order chi connectivity index (χ1) is 12.1. The number of para-hydroxylation sites is 2. The zero-order valence-corrected chi connectivity index (χ0v) is 13.5. The number of benzene rings is 2. The van der Waals surface area contributed by atoms with E-state index in [9.17, 15) is 14.4 Å². The van der Waals surface area contributed by atoms with E-state index in [4.69, 9.17) is 0 Å². The minimum absolute atomic E-state index is 0.130. The van der Waals surface area contributed by atoms with Crippen LogP contribution in [0.4, 0.5) is 11.4 Å². The molecule has 0 aromatic heterocycles. The Kier molecular flexibility index (Phi) is 3.46. The molecule has 2 aliphatic heterocycles. The van der Waals surface area contributed by atoms with Crippen molar-refractivity contribution in [2.75, 3.05) is 9.91 Å². The molecule has 0 bridgehead atoms. The van der Waals surface area contributed by atoms with Gasteiger partial charge in [0.15, 0.2) is 5.78 Å². The van der Waals surface area contributed by atoms with Crippen molar-refractivity contribution in [1.29, 1.82) is 0 Å². The Bertz CT molecular complexity index is 893. The number of hydrogen-bond donors (Lipinski definition) is 0. The third-order valence-electron chi connectivity index (χ3n) is 4.44. The Morgan fingerprint density at radius 3 is 2.00 bits per heavy atom. The van der Waals surface area contributed by atoms with Crippen LogP contribution in [0.15, 0.2) is 65.8 Å². The van der Waals surface area contributed by atoms with Crippen molar-refractivity contribution in [3.05, 3.63) is 60.7 Å². The number of carbonyl (C=O) groups excluding carboxylic acids is 3. The van der Waals surface area contributed by atoms with E-state index in [-0.39, 0.29) is 17.4 Å². The maximum atomic E-state index is 13.0. The highest BCUT2D eigenvalue weighted by Crippen LogP contribution is 2.37. The number of rotatable bonds is 3. The van der Waals surface area contributed by atoms with Crippen molar-refractivity contribution >= 4 is 34.7 Å². The van der Waals surface area contributed by atoms with Gasteiger partial charge in [0.05, 0.1) is 11.4 Å². The van der Waals surface area contributed by atoms with Gasteiger partial charge in [-0.1, -0.05) is 36.4 Å². The maximum absolute atomic E-state index is 13.0. The summed E-state index contributed by atoms with van der Waals surface area (Å²) in [7, 11) is 0. The molecule has 0 unspecified atom stereocenters. The largest absolute Gasteiger partial charge is 0.293 e. The summed E-state index contributed by atoms with van der Waals surface area (Å²) < 4.78 is 0. The minimum atomic E-state index is -0.870. The van der Waals surface area contributed by atoms with Crippen LogP contribution in [0.3, 0.4) is 0 Å². The summed E-state index contributed by atoms with van der Waals surface area (Å²) >= 11 is 0. The van der Waals surface area contributed by atoms with Crippen LogP contribution in [0.1, 0.15) is 6.92 Å². The number of Topliss-reactive ketones (excluding diaryl/α,β-unsaturated/α-hetero) is 1. The van der Waals surface area contributed by atoms with E-state index in [0.29, 0.717) is 11.4 Å². The first kappa shape index (κ1) is 15.3. The van der Waals surface area contributed by atoms with Crippen LogP contribution in [0.2, 0.25) is 0 Å².